The Bertz CT molecular complexity index is 874. The maximum Gasteiger partial charge on any atom is 0.0794 e. The number of thiazole rings is 1. The Balaban J connectivity index is 1.39. The molecule has 1 saturated heterocycles. The van der Waals surface area contributed by atoms with Crippen molar-refractivity contribution in [2.24, 2.45) is 0 Å². The van der Waals surface area contributed by atoms with Gasteiger partial charge >= 0.3 is 0 Å². The molecule has 0 amide bonds. The number of nitrogens with one attached hydrogen (secondary N) is 1. The molecule has 6 heteroatoms. The molecule has 1 N–H and O–H groups in total. The molecular formula is C21H26N4OS. The third-order valence-corrected chi connectivity index (χ3v) is 5.99. The molecule has 0 radical (unpaired) electrons. The minimum Gasteiger partial charge on any atom is -0.375 e. The predicted molar refractivity (Wildman–Crippen MR) is 108 cm³/mol. The van der Waals surface area contributed by atoms with Gasteiger partial charge in [0.15, 0.2) is 0 Å². The molecule has 4 rings (SSSR count). The van der Waals surface area contributed by atoms with E-state index in [0.717, 1.165) is 39.1 Å². The summed E-state index contributed by atoms with van der Waals surface area (Å²) in [5.74, 6) is 0. The molecule has 0 saturated carbocycles. The lowest BCUT2D eigenvalue weighted by molar-refractivity contribution is -0.0310. The Morgan fingerprint density at radius 2 is 2.19 bits per heavy atom. The quantitative estimate of drug-likeness (QED) is 0.709. The topological polar surface area (TPSA) is 54.0 Å². The van der Waals surface area contributed by atoms with Crippen molar-refractivity contribution in [3.05, 3.63) is 68.9 Å². The van der Waals surface area contributed by atoms with E-state index in [1.54, 1.807) is 11.3 Å². The summed E-state index contributed by atoms with van der Waals surface area (Å²) in [6, 6.07) is 6.71. The van der Waals surface area contributed by atoms with Crippen molar-refractivity contribution in [3.63, 3.8) is 0 Å². The zero-order chi connectivity index (χ0) is 18.6. The van der Waals surface area contributed by atoms with Gasteiger partial charge in [0, 0.05) is 49.2 Å². The first-order valence-electron chi connectivity index (χ1n) is 9.46. The first-order valence-corrected chi connectivity index (χ1v) is 10.3. The number of aryl methyl sites for hydroxylation is 2. The van der Waals surface area contributed by atoms with Crippen molar-refractivity contribution in [1.82, 2.24) is 20.1 Å². The van der Waals surface area contributed by atoms with Crippen molar-refractivity contribution in [1.29, 1.82) is 0 Å². The second-order valence-electron chi connectivity index (χ2n) is 7.38. The third-order valence-electron chi connectivity index (χ3n) is 5.21. The number of morpholine rings is 1. The molecule has 3 aromatic rings. The molecule has 1 atom stereocenters. The molecule has 1 aromatic carbocycles. The molecule has 1 fully saturated rings. The van der Waals surface area contributed by atoms with Crippen LogP contribution in [0.15, 0.2) is 36.1 Å². The van der Waals surface area contributed by atoms with E-state index in [2.05, 4.69) is 52.1 Å². The van der Waals surface area contributed by atoms with Crippen LogP contribution in [0, 0.1) is 13.8 Å². The highest BCUT2D eigenvalue weighted by atomic mass is 32.1. The highest BCUT2D eigenvalue weighted by molar-refractivity contribution is 7.09. The molecule has 2 aromatic heterocycles. The summed E-state index contributed by atoms with van der Waals surface area (Å²) >= 11 is 1.69. The Kier molecular flexibility index (Phi) is 5.66. The van der Waals surface area contributed by atoms with Crippen LogP contribution in [0.2, 0.25) is 0 Å². The van der Waals surface area contributed by atoms with Crippen LogP contribution in [0.4, 0.5) is 0 Å². The first-order chi connectivity index (χ1) is 13.2. The molecule has 0 aliphatic carbocycles. The van der Waals surface area contributed by atoms with Crippen molar-refractivity contribution in [2.45, 2.75) is 39.3 Å². The van der Waals surface area contributed by atoms with E-state index in [9.17, 15) is 0 Å². The summed E-state index contributed by atoms with van der Waals surface area (Å²) < 4.78 is 6.06. The van der Waals surface area contributed by atoms with Crippen LogP contribution in [0.1, 0.15) is 32.8 Å². The van der Waals surface area contributed by atoms with E-state index in [-0.39, 0.29) is 6.10 Å². The second kappa shape index (κ2) is 8.33. The van der Waals surface area contributed by atoms with E-state index in [1.165, 1.54) is 32.8 Å². The number of aromatic nitrogens is 3. The number of H-pyrrole nitrogens is 1. The number of hydrogen-bond acceptors (Lipinski definition) is 5. The molecule has 142 valence electrons. The summed E-state index contributed by atoms with van der Waals surface area (Å²) in [4.78, 5) is 7.94. The van der Waals surface area contributed by atoms with Crippen molar-refractivity contribution in [3.8, 4) is 0 Å². The average Bonchev–Trinajstić information content (AvgIpc) is 3.32. The van der Waals surface area contributed by atoms with E-state index in [4.69, 9.17) is 4.74 Å². The fourth-order valence-corrected chi connectivity index (χ4v) is 4.29. The molecular weight excluding hydrogens is 356 g/mol. The number of aromatic amines is 1. The van der Waals surface area contributed by atoms with Gasteiger partial charge in [0.05, 0.1) is 24.4 Å². The summed E-state index contributed by atoms with van der Waals surface area (Å²) in [6.07, 6.45) is 5.83. The molecule has 1 aliphatic rings. The Hall–Kier alpha value is -2.02. The second-order valence-corrected chi connectivity index (χ2v) is 8.35. The van der Waals surface area contributed by atoms with Gasteiger partial charge in [0.25, 0.3) is 0 Å². The average molecular weight is 383 g/mol. The number of rotatable bonds is 6. The van der Waals surface area contributed by atoms with E-state index < -0.39 is 0 Å². The lowest BCUT2D eigenvalue weighted by Gasteiger charge is -2.33. The van der Waals surface area contributed by atoms with Crippen LogP contribution in [0.25, 0.3) is 0 Å². The number of benzene rings is 1. The van der Waals surface area contributed by atoms with Crippen LogP contribution in [-0.2, 0) is 24.1 Å². The normalized spacial score (nSPS) is 18.1. The molecule has 0 spiro atoms. The van der Waals surface area contributed by atoms with Crippen LogP contribution < -0.4 is 0 Å². The first kappa shape index (κ1) is 18.3. The van der Waals surface area contributed by atoms with E-state index in [0.29, 0.717) is 0 Å². The van der Waals surface area contributed by atoms with E-state index in [1.807, 2.05) is 17.9 Å². The van der Waals surface area contributed by atoms with Gasteiger partial charge in [-0.3, -0.25) is 15.0 Å². The standard InChI is InChI=1S/C21H26N4OS/c1-15-3-4-16(2)18(7-15)12-25-5-6-26-19(13-25)9-21-17(10-23-24-21)8-20-11-22-14-27-20/h3-4,7,10-11,14,19H,5-6,8-9,12-13H2,1-2H3,(H,23,24). The fourth-order valence-electron chi connectivity index (χ4n) is 3.67. The molecule has 0 bridgehead atoms. The minimum absolute atomic E-state index is 0.199. The van der Waals surface area contributed by atoms with Crippen LogP contribution in [0.3, 0.4) is 0 Å². The maximum atomic E-state index is 6.06. The van der Waals surface area contributed by atoms with Crippen molar-refractivity contribution in [2.75, 3.05) is 19.7 Å². The van der Waals surface area contributed by atoms with Gasteiger partial charge in [0.1, 0.15) is 0 Å². The van der Waals surface area contributed by atoms with Crippen LogP contribution in [0.5, 0.6) is 0 Å². The SMILES string of the molecule is Cc1ccc(C)c(CN2CCOC(Cc3[nH]ncc3Cc3cncs3)C2)c1. The third kappa shape index (κ3) is 4.64. The van der Waals surface area contributed by atoms with Gasteiger partial charge in [-0.1, -0.05) is 23.8 Å². The summed E-state index contributed by atoms with van der Waals surface area (Å²) in [7, 11) is 0. The molecule has 3 heterocycles. The number of ether oxygens (including phenoxy) is 1. The Morgan fingerprint density at radius 3 is 3.04 bits per heavy atom. The van der Waals surface area contributed by atoms with Crippen molar-refractivity contribution < 1.29 is 4.74 Å². The van der Waals surface area contributed by atoms with Gasteiger partial charge in [0.2, 0.25) is 0 Å². The van der Waals surface area contributed by atoms with Crippen LogP contribution >= 0.6 is 11.3 Å². The lowest BCUT2D eigenvalue weighted by atomic mass is 10.0. The zero-order valence-electron chi connectivity index (χ0n) is 15.9. The van der Waals surface area contributed by atoms with Gasteiger partial charge in [-0.2, -0.15) is 5.10 Å². The van der Waals surface area contributed by atoms with Gasteiger partial charge in [-0.05, 0) is 30.5 Å². The number of hydrogen-bond donors (Lipinski definition) is 1. The fraction of sp³-hybridized carbons (Fsp3) is 0.429. The van der Waals surface area contributed by atoms with Gasteiger partial charge in [-0.15, -0.1) is 11.3 Å². The lowest BCUT2D eigenvalue weighted by Crippen LogP contribution is -2.43. The predicted octanol–water partition coefficient (Wildman–Crippen LogP) is 3.52. The Morgan fingerprint density at radius 1 is 1.26 bits per heavy atom. The Labute approximate surface area is 164 Å². The molecule has 27 heavy (non-hydrogen) atoms. The monoisotopic (exact) mass is 382 g/mol. The van der Waals surface area contributed by atoms with Gasteiger partial charge in [-0.25, -0.2) is 0 Å². The summed E-state index contributed by atoms with van der Waals surface area (Å²) in [5, 5.41) is 7.45. The zero-order valence-corrected chi connectivity index (χ0v) is 16.8. The summed E-state index contributed by atoms with van der Waals surface area (Å²) in [6.45, 7) is 8.07. The minimum atomic E-state index is 0.199. The molecule has 5 nitrogen and oxygen atoms in total. The molecule has 1 unspecified atom stereocenters. The van der Waals surface area contributed by atoms with Crippen LogP contribution in [-0.4, -0.2) is 45.9 Å². The smallest absolute Gasteiger partial charge is 0.0794 e. The van der Waals surface area contributed by atoms with Crippen molar-refractivity contribution >= 4 is 11.3 Å². The molecule has 1 aliphatic heterocycles. The largest absolute Gasteiger partial charge is 0.375 e. The highest BCUT2D eigenvalue weighted by Crippen LogP contribution is 2.20. The maximum absolute atomic E-state index is 6.06. The van der Waals surface area contributed by atoms with Gasteiger partial charge < -0.3 is 4.74 Å². The van der Waals surface area contributed by atoms with E-state index >= 15 is 0 Å². The highest BCUT2D eigenvalue weighted by Gasteiger charge is 2.23. The number of nitrogens with zero attached hydrogens (tertiary/aromatic N) is 3. The summed E-state index contributed by atoms with van der Waals surface area (Å²) in [5.41, 5.74) is 8.42.